The molecular formula is C23H35N3O5Si. The molecule has 5 N–H and O–H groups in total. The molecule has 0 aliphatic rings. The van der Waals surface area contributed by atoms with Crippen molar-refractivity contribution in [2.75, 3.05) is 0 Å². The Hall–Kier alpha value is -2.83. The van der Waals surface area contributed by atoms with Crippen LogP contribution in [0.2, 0.25) is 18.1 Å². The number of nitrogens with two attached hydrogens (primary N) is 1. The van der Waals surface area contributed by atoms with Crippen LogP contribution in [0.5, 0.6) is 0 Å². The molecular weight excluding hydrogens is 426 g/mol. The Morgan fingerprint density at radius 1 is 1.16 bits per heavy atom. The molecule has 3 atom stereocenters. The number of alkyl carbamates (subject to hydrolysis) is 1. The first-order valence-electron chi connectivity index (χ1n) is 10.5. The minimum Gasteiger partial charge on any atom is -0.445 e. The van der Waals surface area contributed by atoms with Gasteiger partial charge in [-0.25, -0.2) is 4.79 Å². The molecule has 0 aliphatic carbocycles. The van der Waals surface area contributed by atoms with Crippen LogP contribution in [-0.4, -0.2) is 49.3 Å². The Morgan fingerprint density at radius 2 is 1.75 bits per heavy atom. The molecule has 0 fully saturated rings. The Bertz CT molecular complexity index is 854. The minimum absolute atomic E-state index is 0.00771. The van der Waals surface area contributed by atoms with E-state index in [1.54, 1.807) is 24.3 Å². The normalized spacial score (nSPS) is 14.2. The van der Waals surface area contributed by atoms with Crippen LogP contribution >= 0.6 is 0 Å². The molecule has 1 aromatic rings. The van der Waals surface area contributed by atoms with Crippen LogP contribution < -0.4 is 16.4 Å². The van der Waals surface area contributed by atoms with Crippen LogP contribution in [0, 0.1) is 11.5 Å². The van der Waals surface area contributed by atoms with E-state index in [4.69, 9.17) is 10.5 Å². The molecule has 0 spiro atoms. The van der Waals surface area contributed by atoms with E-state index >= 15 is 0 Å². The predicted octanol–water partition coefficient (Wildman–Crippen LogP) is 2.07. The van der Waals surface area contributed by atoms with Crippen molar-refractivity contribution < 1.29 is 24.2 Å². The fraction of sp³-hybridized carbons (Fsp3) is 0.522. The molecule has 8 nitrogen and oxygen atoms in total. The summed E-state index contributed by atoms with van der Waals surface area (Å²) in [7, 11) is -1.88. The summed E-state index contributed by atoms with van der Waals surface area (Å²) < 4.78 is 5.09. The number of primary amides is 1. The Labute approximate surface area is 191 Å². The highest BCUT2D eigenvalue weighted by molar-refractivity contribution is 6.87. The monoisotopic (exact) mass is 461 g/mol. The van der Waals surface area contributed by atoms with Crippen LogP contribution in [0.3, 0.4) is 0 Å². The number of hydrogen-bond acceptors (Lipinski definition) is 5. The van der Waals surface area contributed by atoms with E-state index in [0.29, 0.717) is 0 Å². The zero-order chi connectivity index (χ0) is 24.5. The molecule has 0 aromatic heterocycles. The van der Waals surface area contributed by atoms with Crippen molar-refractivity contribution in [1.82, 2.24) is 10.6 Å². The van der Waals surface area contributed by atoms with Gasteiger partial charge in [-0.1, -0.05) is 64.2 Å². The quantitative estimate of drug-likeness (QED) is 0.348. The smallest absolute Gasteiger partial charge is 0.408 e. The van der Waals surface area contributed by atoms with Gasteiger partial charge in [-0.3, -0.25) is 9.59 Å². The highest BCUT2D eigenvalue weighted by atomic mass is 28.3. The molecule has 1 rings (SSSR count). The predicted molar refractivity (Wildman–Crippen MR) is 126 cm³/mol. The van der Waals surface area contributed by atoms with Gasteiger partial charge < -0.3 is 26.2 Å². The molecule has 0 bridgehead atoms. The van der Waals surface area contributed by atoms with Crippen LogP contribution in [0.15, 0.2) is 30.3 Å². The number of amides is 3. The first-order chi connectivity index (χ1) is 14.7. The molecule has 0 aliphatic heterocycles. The van der Waals surface area contributed by atoms with Crippen molar-refractivity contribution in [2.45, 2.75) is 77.0 Å². The lowest BCUT2D eigenvalue weighted by Gasteiger charge is -2.31. The lowest BCUT2D eigenvalue weighted by molar-refractivity contribution is -0.130. The minimum atomic E-state index is -1.88. The van der Waals surface area contributed by atoms with Gasteiger partial charge in [0.15, 0.2) is 0 Å². The molecule has 0 saturated carbocycles. The van der Waals surface area contributed by atoms with Gasteiger partial charge in [-0.2, -0.15) is 0 Å². The first-order valence-corrected chi connectivity index (χ1v) is 13.5. The van der Waals surface area contributed by atoms with Crippen LogP contribution in [-0.2, 0) is 20.9 Å². The number of ether oxygens (including phenoxy) is 1. The van der Waals surface area contributed by atoms with E-state index in [2.05, 4.69) is 56.0 Å². The van der Waals surface area contributed by atoms with Gasteiger partial charge in [0.05, 0.1) is 6.10 Å². The summed E-state index contributed by atoms with van der Waals surface area (Å²) in [5, 5.41) is 14.8. The van der Waals surface area contributed by atoms with Crippen LogP contribution in [0.4, 0.5) is 4.79 Å². The van der Waals surface area contributed by atoms with Gasteiger partial charge in [0.2, 0.25) is 11.8 Å². The number of aliphatic hydroxyl groups is 1. The van der Waals surface area contributed by atoms with Gasteiger partial charge in [0.25, 0.3) is 0 Å². The van der Waals surface area contributed by atoms with Crippen molar-refractivity contribution in [2.24, 2.45) is 5.73 Å². The average Bonchev–Trinajstić information content (AvgIpc) is 2.69. The number of nitrogens with one attached hydrogen (secondary N) is 2. The van der Waals surface area contributed by atoms with E-state index < -0.39 is 44.2 Å². The number of hydrogen-bond donors (Lipinski definition) is 4. The third-order valence-electron chi connectivity index (χ3n) is 5.49. The summed E-state index contributed by atoms with van der Waals surface area (Å²) in [6, 6.07) is 6.64. The second-order valence-electron chi connectivity index (χ2n) is 9.27. The second kappa shape index (κ2) is 11.7. The molecule has 176 valence electrons. The first kappa shape index (κ1) is 27.2. The van der Waals surface area contributed by atoms with Crippen molar-refractivity contribution in [1.29, 1.82) is 0 Å². The molecule has 0 unspecified atom stereocenters. The summed E-state index contributed by atoms with van der Waals surface area (Å²) in [6.45, 7) is 12.0. The summed E-state index contributed by atoms with van der Waals surface area (Å²) in [4.78, 5) is 36.6. The van der Waals surface area contributed by atoms with Gasteiger partial charge >= 0.3 is 6.09 Å². The SMILES string of the molecule is C[C@@H](O)[C@H](NC(=O)OCc1ccccc1)C(=O)N[C@@H](CC#C[Si](C)(C)C(C)(C)C)C(N)=O. The van der Waals surface area contributed by atoms with Gasteiger partial charge in [0.1, 0.15) is 26.8 Å². The van der Waals surface area contributed by atoms with Crippen molar-refractivity contribution in [3.63, 3.8) is 0 Å². The number of carbonyl (C=O) groups is 3. The molecule has 1 aromatic carbocycles. The Balaban J connectivity index is 2.77. The van der Waals surface area contributed by atoms with Crippen molar-refractivity contribution in [3.05, 3.63) is 35.9 Å². The topological polar surface area (TPSA) is 131 Å². The summed E-state index contributed by atoms with van der Waals surface area (Å²) >= 11 is 0. The zero-order valence-corrected chi connectivity index (χ0v) is 20.7. The van der Waals surface area contributed by atoms with E-state index in [9.17, 15) is 19.5 Å². The standard InChI is InChI=1S/C23H35N3O5Si/c1-16(27)19(26-22(30)31-15-17-11-8-7-9-12-17)21(29)25-18(20(24)28)13-10-14-32(5,6)23(2,3)4/h7-9,11-12,16,18-19,27H,13,15H2,1-6H3,(H2,24,28)(H,25,29)(H,26,30)/t16-,18+,19+/m1/s1. The molecule has 9 heteroatoms. The number of benzene rings is 1. The third kappa shape index (κ3) is 8.73. The molecule has 0 heterocycles. The second-order valence-corrected chi connectivity index (χ2v) is 14.3. The molecule has 3 amide bonds. The lowest BCUT2D eigenvalue weighted by atomic mass is 10.1. The van der Waals surface area contributed by atoms with Gasteiger partial charge in [0, 0.05) is 6.42 Å². The number of carbonyl (C=O) groups excluding carboxylic acids is 3. The maximum Gasteiger partial charge on any atom is 0.408 e. The highest BCUT2D eigenvalue weighted by Crippen LogP contribution is 2.35. The lowest BCUT2D eigenvalue weighted by Crippen LogP contribution is -2.56. The Kier molecular flexibility index (Phi) is 9.94. The van der Waals surface area contributed by atoms with E-state index in [-0.39, 0.29) is 18.1 Å². The highest BCUT2D eigenvalue weighted by Gasteiger charge is 2.34. The van der Waals surface area contributed by atoms with E-state index in [0.717, 1.165) is 5.56 Å². The van der Waals surface area contributed by atoms with Gasteiger partial charge in [-0.05, 0) is 17.5 Å². The van der Waals surface area contributed by atoms with Crippen LogP contribution in [0.1, 0.15) is 39.7 Å². The van der Waals surface area contributed by atoms with Crippen molar-refractivity contribution in [3.8, 4) is 11.5 Å². The van der Waals surface area contributed by atoms with E-state index in [1.807, 2.05) is 6.07 Å². The summed E-state index contributed by atoms with van der Waals surface area (Å²) in [5.74, 6) is 1.48. The fourth-order valence-corrected chi connectivity index (χ4v) is 3.26. The maximum atomic E-state index is 12.6. The largest absolute Gasteiger partial charge is 0.445 e. The maximum absolute atomic E-state index is 12.6. The van der Waals surface area contributed by atoms with E-state index in [1.165, 1.54) is 6.92 Å². The summed E-state index contributed by atoms with van der Waals surface area (Å²) in [5.41, 5.74) is 9.46. The van der Waals surface area contributed by atoms with Crippen LogP contribution in [0.25, 0.3) is 0 Å². The third-order valence-corrected chi connectivity index (χ3v) is 10.0. The fourth-order valence-electron chi connectivity index (χ4n) is 2.34. The average molecular weight is 462 g/mol. The number of aliphatic hydroxyl groups excluding tert-OH is 1. The Morgan fingerprint density at radius 3 is 2.25 bits per heavy atom. The van der Waals surface area contributed by atoms with Gasteiger partial charge in [-0.15, -0.1) is 11.5 Å². The summed E-state index contributed by atoms with van der Waals surface area (Å²) in [6.07, 6.45) is -2.06. The number of rotatable bonds is 8. The molecule has 32 heavy (non-hydrogen) atoms. The molecule has 0 radical (unpaired) electrons. The molecule has 0 saturated heterocycles. The van der Waals surface area contributed by atoms with Crippen molar-refractivity contribution >= 4 is 26.0 Å². The zero-order valence-electron chi connectivity index (χ0n) is 19.7.